The van der Waals surface area contributed by atoms with Gasteiger partial charge in [0.2, 0.25) is 5.91 Å². The van der Waals surface area contributed by atoms with Crippen molar-refractivity contribution in [1.82, 2.24) is 10.6 Å². The Kier molecular flexibility index (Phi) is 7.19. The molecule has 21 heavy (non-hydrogen) atoms. The average Bonchev–Trinajstić information content (AvgIpc) is 2.36. The number of aliphatic hydroxyl groups excluding tert-OH is 1. The van der Waals surface area contributed by atoms with Crippen LogP contribution in [-0.4, -0.2) is 42.9 Å². The van der Waals surface area contributed by atoms with E-state index in [1.807, 2.05) is 45.9 Å². The van der Waals surface area contributed by atoms with Gasteiger partial charge in [-0.2, -0.15) is 0 Å². The van der Waals surface area contributed by atoms with Gasteiger partial charge in [-0.05, 0) is 39.3 Å². The van der Waals surface area contributed by atoms with Crippen LogP contribution in [0.15, 0.2) is 18.2 Å². The Morgan fingerprint density at radius 2 is 2.05 bits per heavy atom. The minimum Gasteiger partial charge on any atom is -0.491 e. The summed E-state index contributed by atoms with van der Waals surface area (Å²) in [6.07, 6.45) is -0.655. The largest absolute Gasteiger partial charge is 0.491 e. The highest BCUT2D eigenvalue weighted by atomic mass is 16.5. The normalized spacial score (nSPS) is 12.3. The molecule has 1 rings (SSSR count). The van der Waals surface area contributed by atoms with Crippen molar-refractivity contribution in [1.29, 1.82) is 0 Å². The van der Waals surface area contributed by atoms with Gasteiger partial charge in [0.15, 0.2) is 0 Å². The van der Waals surface area contributed by atoms with Crippen molar-refractivity contribution in [3.8, 4) is 5.75 Å². The molecular formula is C16H26N2O3. The van der Waals surface area contributed by atoms with Crippen molar-refractivity contribution in [2.45, 2.75) is 39.8 Å². The summed E-state index contributed by atoms with van der Waals surface area (Å²) in [7, 11) is 0. The number of rotatable bonds is 8. The average molecular weight is 294 g/mol. The molecule has 1 unspecified atom stereocenters. The van der Waals surface area contributed by atoms with Gasteiger partial charge in [0, 0.05) is 12.6 Å². The lowest BCUT2D eigenvalue weighted by molar-refractivity contribution is -0.120. The summed E-state index contributed by atoms with van der Waals surface area (Å²) in [5.41, 5.74) is 2.23. The van der Waals surface area contributed by atoms with Crippen LogP contribution in [0.4, 0.5) is 0 Å². The highest BCUT2D eigenvalue weighted by Crippen LogP contribution is 2.18. The summed E-state index contributed by atoms with van der Waals surface area (Å²) in [4.78, 5) is 11.4. The van der Waals surface area contributed by atoms with Crippen LogP contribution in [0.1, 0.15) is 25.0 Å². The van der Waals surface area contributed by atoms with E-state index in [1.165, 1.54) is 5.56 Å². The number of hydrogen-bond acceptors (Lipinski definition) is 4. The number of aliphatic hydroxyl groups is 1. The van der Waals surface area contributed by atoms with Gasteiger partial charge in [0.25, 0.3) is 0 Å². The zero-order valence-electron chi connectivity index (χ0n) is 13.3. The molecule has 0 aliphatic carbocycles. The van der Waals surface area contributed by atoms with Crippen LogP contribution in [0.2, 0.25) is 0 Å². The first-order valence-electron chi connectivity index (χ1n) is 7.26. The predicted molar refractivity (Wildman–Crippen MR) is 83.6 cm³/mol. The highest BCUT2D eigenvalue weighted by molar-refractivity contribution is 5.78. The molecule has 0 spiro atoms. The summed E-state index contributed by atoms with van der Waals surface area (Å²) in [5, 5.41) is 15.5. The first kappa shape index (κ1) is 17.5. The number of carbonyl (C=O) groups excluding carboxylic acids is 1. The zero-order chi connectivity index (χ0) is 15.8. The number of ether oxygens (including phenoxy) is 1. The van der Waals surface area contributed by atoms with Crippen LogP contribution in [0.25, 0.3) is 0 Å². The van der Waals surface area contributed by atoms with Crippen LogP contribution >= 0.6 is 0 Å². The fourth-order valence-electron chi connectivity index (χ4n) is 1.93. The fraction of sp³-hybridized carbons (Fsp3) is 0.562. The van der Waals surface area contributed by atoms with E-state index in [-0.39, 0.29) is 25.1 Å². The van der Waals surface area contributed by atoms with E-state index in [1.54, 1.807) is 0 Å². The van der Waals surface area contributed by atoms with Crippen molar-refractivity contribution in [3.05, 3.63) is 29.3 Å². The summed E-state index contributed by atoms with van der Waals surface area (Å²) >= 11 is 0. The van der Waals surface area contributed by atoms with Crippen molar-refractivity contribution in [2.24, 2.45) is 0 Å². The number of carbonyl (C=O) groups is 1. The molecule has 0 aliphatic rings. The van der Waals surface area contributed by atoms with Crippen LogP contribution < -0.4 is 15.4 Å². The quantitative estimate of drug-likeness (QED) is 0.673. The smallest absolute Gasteiger partial charge is 0.234 e. The Morgan fingerprint density at radius 3 is 2.67 bits per heavy atom. The van der Waals surface area contributed by atoms with Crippen LogP contribution in [0.3, 0.4) is 0 Å². The van der Waals surface area contributed by atoms with E-state index in [0.717, 1.165) is 11.3 Å². The molecule has 0 bridgehead atoms. The topological polar surface area (TPSA) is 70.6 Å². The first-order chi connectivity index (χ1) is 9.88. The van der Waals surface area contributed by atoms with E-state index >= 15 is 0 Å². The van der Waals surface area contributed by atoms with E-state index in [0.29, 0.717) is 6.54 Å². The van der Waals surface area contributed by atoms with Gasteiger partial charge < -0.3 is 20.5 Å². The Hall–Kier alpha value is -1.59. The van der Waals surface area contributed by atoms with Crippen LogP contribution in [0.5, 0.6) is 5.75 Å². The van der Waals surface area contributed by atoms with Gasteiger partial charge in [-0.1, -0.05) is 17.7 Å². The fourth-order valence-corrected chi connectivity index (χ4v) is 1.93. The SMILES string of the molecule is Cc1ccc(OCC(O)CNCC(=O)NC(C)C)c(C)c1. The maximum Gasteiger partial charge on any atom is 0.234 e. The van der Waals surface area contributed by atoms with E-state index in [9.17, 15) is 9.90 Å². The molecule has 1 aromatic rings. The van der Waals surface area contributed by atoms with Gasteiger partial charge in [0.05, 0.1) is 6.54 Å². The minimum absolute atomic E-state index is 0.0764. The lowest BCUT2D eigenvalue weighted by Gasteiger charge is -2.15. The van der Waals surface area contributed by atoms with Crippen molar-refractivity contribution < 1.29 is 14.6 Å². The number of aryl methyl sites for hydroxylation is 2. The standard InChI is InChI=1S/C16H26N2O3/c1-11(2)18-16(20)9-17-8-14(19)10-21-15-6-5-12(3)7-13(15)4/h5-7,11,14,17,19H,8-10H2,1-4H3,(H,18,20). The predicted octanol–water partition coefficient (Wildman–Crippen LogP) is 1.16. The second kappa shape index (κ2) is 8.64. The Labute approximate surface area is 126 Å². The van der Waals surface area contributed by atoms with E-state index in [2.05, 4.69) is 10.6 Å². The molecule has 0 aliphatic heterocycles. The molecule has 118 valence electrons. The molecule has 1 atom stereocenters. The Bertz CT molecular complexity index is 461. The molecular weight excluding hydrogens is 268 g/mol. The summed E-state index contributed by atoms with van der Waals surface area (Å²) in [5.74, 6) is 0.699. The molecule has 0 fully saturated rings. The van der Waals surface area contributed by atoms with E-state index in [4.69, 9.17) is 4.74 Å². The molecule has 0 heterocycles. The molecule has 0 aromatic heterocycles. The monoisotopic (exact) mass is 294 g/mol. The number of benzene rings is 1. The van der Waals surface area contributed by atoms with Crippen LogP contribution in [-0.2, 0) is 4.79 Å². The van der Waals surface area contributed by atoms with Crippen molar-refractivity contribution in [3.63, 3.8) is 0 Å². The third-order valence-corrected chi connectivity index (χ3v) is 2.88. The maximum atomic E-state index is 11.4. The second-order valence-electron chi connectivity index (χ2n) is 5.59. The maximum absolute atomic E-state index is 11.4. The molecule has 5 heteroatoms. The zero-order valence-corrected chi connectivity index (χ0v) is 13.3. The van der Waals surface area contributed by atoms with Gasteiger partial charge in [-0.25, -0.2) is 0 Å². The third kappa shape index (κ3) is 7.11. The van der Waals surface area contributed by atoms with Gasteiger partial charge in [0.1, 0.15) is 18.5 Å². The van der Waals surface area contributed by atoms with Crippen molar-refractivity contribution in [2.75, 3.05) is 19.7 Å². The number of amides is 1. The highest BCUT2D eigenvalue weighted by Gasteiger charge is 2.08. The van der Waals surface area contributed by atoms with E-state index < -0.39 is 6.10 Å². The van der Waals surface area contributed by atoms with Crippen molar-refractivity contribution >= 4 is 5.91 Å². The molecule has 5 nitrogen and oxygen atoms in total. The van der Waals surface area contributed by atoms with Gasteiger partial charge in [-0.3, -0.25) is 4.79 Å². The molecule has 3 N–H and O–H groups in total. The minimum atomic E-state index is -0.655. The number of nitrogens with one attached hydrogen (secondary N) is 2. The first-order valence-corrected chi connectivity index (χ1v) is 7.26. The lowest BCUT2D eigenvalue weighted by Crippen LogP contribution is -2.41. The molecule has 0 saturated carbocycles. The number of hydrogen-bond donors (Lipinski definition) is 3. The summed E-state index contributed by atoms with van der Waals surface area (Å²) < 4.78 is 5.59. The molecule has 0 radical (unpaired) electrons. The third-order valence-electron chi connectivity index (χ3n) is 2.88. The van der Waals surface area contributed by atoms with Gasteiger partial charge >= 0.3 is 0 Å². The Balaban J connectivity index is 2.25. The van der Waals surface area contributed by atoms with Crippen LogP contribution in [0, 0.1) is 13.8 Å². The summed E-state index contributed by atoms with van der Waals surface area (Å²) in [6.45, 7) is 8.52. The lowest BCUT2D eigenvalue weighted by atomic mass is 10.1. The Morgan fingerprint density at radius 1 is 1.33 bits per heavy atom. The molecule has 1 amide bonds. The second-order valence-corrected chi connectivity index (χ2v) is 5.59. The van der Waals surface area contributed by atoms with Gasteiger partial charge in [-0.15, -0.1) is 0 Å². The summed E-state index contributed by atoms with van der Waals surface area (Å²) in [6, 6.07) is 6.04. The molecule has 0 saturated heterocycles. The molecule has 1 aromatic carbocycles.